The van der Waals surface area contributed by atoms with Crippen molar-refractivity contribution in [3.63, 3.8) is 0 Å². The van der Waals surface area contributed by atoms with Gasteiger partial charge >= 0.3 is 5.66 Å². The van der Waals surface area contributed by atoms with Crippen LogP contribution < -0.4 is 0 Å². The van der Waals surface area contributed by atoms with E-state index in [1.165, 1.54) is 12.1 Å². The molecule has 20 heavy (non-hydrogen) atoms. The Hall–Kier alpha value is -1.37. The van der Waals surface area contributed by atoms with E-state index in [-0.39, 0.29) is 13.2 Å². The molecule has 2 heterocycles. The number of para-hydroxylation sites is 1. The Balaban J connectivity index is 2.11. The zero-order valence-corrected chi connectivity index (χ0v) is 11.0. The Kier molecular flexibility index (Phi) is 2.93. The van der Waals surface area contributed by atoms with Crippen LogP contribution in [-0.4, -0.2) is 29.8 Å². The SMILES string of the molecule is O=[N+]([O-])c1ccccc1C(F)(F)P(=O)(C1CO1)C1CO1. The van der Waals surface area contributed by atoms with Crippen molar-refractivity contribution in [2.24, 2.45) is 0 Å². The van der Waals surface area contributed by atoms with Crippen LogP contribution in [-0.2, 0) is 19.7 Å². The molecular formula is C11H10F2NO5P. The first kappa shape index (κ1) is 13.6. The van der Waals surface area contributed by atoms with Gasteiger partial charge in [0.1, 0.15) is 17.3 Å². The van der Waals surface area contributed by atoms with Gasteiger partial charge in [0.05, 0.1) is 18.1 Å². The fourth-order valence-corrected chi connectivity index (χ4v) is 4.87. The van der Waals surface area contributed by atoms with Crippen molar-refractivity contribution < 1.29 is 27.7 Å². The molecule has 0 saturated carbocycles. The normalized spacial score (nSPS) is 27.7. The molecule has 2 aliphatic rings. The summed E-state index contributed by atoms with van der Waals surface area (Å²) >= 11 is 0. The minimum absolute atomic E-state index is 0.0344. The number of rotatable bonds is 5. The van der Waals surface area contributed by atoms with E-state index in [2.05, 4.69) is 0 Å². The third-order valence-electron chi connectivity index (χ3n) is 3.35. The number of ether oxygens (including phenoxy) is 2. The molecular weight excluding hydrogens is 295 g/mol. The standard InChI is InChI=1S/C11H10F2NO5P/c12-11(13,7-3-1-2-4-8(7)14(15)16)20(17,9-5-18-9)10-6-19-10/h1-4,9-10H,5-6H2. The molecule has 6 nitrogen and oxygen atoms in total. The van der Waals surface area contributed by atoms with Crippen molar-refractivity contribution in [2.45, 2.75) is 17.4 Å². The lowest BCUT2D eigenvalue weighted by atomic mass is 10.2. The van der Waals surface area contributed by atoms with Crippen molar-refractivity contribution in [3.8, 4) is 0 Å². The van der Waals surface area contributed by atoms with Crippen molar-refractivity contribution in [3.05, 3.63) is 39.9 Å². The Bertz CT molecular complexity index is 599. The molecule has 0 spiro atoms. The Labute approximate surface area is 112 Å². The maximum atomic E-state index is 14.7. The van der Waals surface area contributed by atoms with E-state index in [0.717, 1.165) is 12.1 Å². The predicted octanol–water partition coefficient (Wildman–Crippen LogP) is 2.72. The minimum Gasteiger partial charge on any atom is -0.365 e. The average Bonchev–Trinajstić information content (AvgIpc) is 3.30. The summed E-state index contributed by atoms with van der Waals surface area (Å²) in [5.41, 5.74) is -5.45. The van der Waals surface area contributed by atoms with Gasteiger partial charge in [0.2, 0.25) is 7.14 Å². The van der Waals surface area contributed by atoms with Crippen molar-refractivity contribution in [1.82, 2.24) is 0 Å². The predicted molar refractivity (Wildman–Crippen MR) is 64.1 cm³/mol. The van der Waals surface area contributed by atoms with Crippen LogP contribution in [0, 0.1) is 10.1 Å². The molecule has 2 aliphatic heterocycles. The molecule has 0 bridgehead atoms. The van der Waals surface area contributed by atoms with Crippen LogP contribution in [0.25, 0.3) is 0 Å². The lowest BCUT2D eigenvalue weighted by Gasteiger charge is -2.24. The summed E-state index contributed by atoms with van der Waals surface area (Å²) in [6, 6.07) is 4.43. The lowest BCUT2D eigenvalue weighted by Crippen LogP contribution is -2.22. The highest BCUT2D eigenvalue weighted by atomic mass is 31.2. The number of nitro groups is 1. The first-order chi connectivity index (χ1) is 9.39. The second-order valence-corrected chi connectivity index (χ2v) is 7.73. The number of epoxide rings is 2. The van der Waals surface area contributed by atoms with Gasteiger partial charge in [-0.25, -0.2) is 0 Å². The van der Waals surface area contributed by atoms with E-state index in [9.17, 15) is 23.5 Å². The van der Waals surface area contributed by atoms with Crippen LogP contribution in [0.3, 0.4) is 0 Å². The van der Waals surface area contributed by atoms with Crippen molar-refractivity contribution in [1.29, 1.82) is 0 Å². The minimum atomic E-state index is -4.21. The smallest absolute Gasteiger partial charge is 0.334 e. The summed E-state index contributed by atoms with van der Waals surface area (Å²) in [6.07, 6.45) is 0. The van der Waals surface area contributed by atoms with Crippen LogP contribution in [0.1, 0.15) is 5.56 Å². The van der Waals surface area contributed by atoms with E-state index in [1.807, 2.05) is 0 Å². The molecule has 1 aromatic rings. The lowest BCUT2D eigenvalue weighted by molar-refractivity contribution is -0.386. The van der Waals surface area contributed by atoms with Crippen molar-refractivity contribution >= 4 is 12.8 Å². The Morgan fingerprint density at radius 3 is 2.20 bits per heavy atom. The molecule has 2 fully saturated rings. The summed E-state index contributed by atoms with van der Waals surface area (Å²) in [5.74, 6) is -2.16. The van der Waals surface area contributed by atoms with Gasteiger partial charge in [0.15, 0.2) is 0 Å². The molecule has 108 valence electrons. The Morgan fingerprint density at radius 2 is 1.75 bits per heavy atom. The topological polar surface area (TPSA) is 85.3 Å². The maximum Gasteiger partial charge on any atom is 0.334 e. The zero-order valence-electron chi connectivity index (χ0n) is 10.1. The monoisotopic (exact) mass is 305 g/mol. The van der Waals surface area contributed by atoms with Gasteiger partial charge in [-0.1, -0.05) is 12.1 Å². The highest BCUT2D eigenvalue weighted by Gasteiger charge is 2.69. The number of nitrogens with zero attached hydrogens (tertiary/aromatic N) is 1. The molecule has 0 radical (unpaired) electrons. The summed E-state index contributed by atoms with van der Waals surface area (Å²) in [7, 11) is -4.21. The molecule has 2 unspecified atom stereocenters. The zero-order chi connectivity index (χ0) is 14.5. The van der Waals surface area contributed by atoms with Crippen LogP contribution in [0.15, 0.2) is 24.3 Å². The number of benzene rings is 1. The highest BCUT2D eigenvalue weighted by molar-refractivity contribution is 7.66. The van der Waals surface area contributed by atoms with Gasteiger partial charge in [-0.15, -0.1) is 0 Å². The Morgan fingerprint density at radius 1 is 1.25 bits per heavy atom. The summed E-state index contributed by atoms with van der Waals surface area (Å²) in [5, 5.41) is 10.9. The van der Waals surface area contributed by atoms with E-state index >= 15 is 0 Å². The number of hydrogen-bond acceptors (Lipinski definition) is 5. The van der Waals surface area contributed by atoms with Gasteiger partial charge in [-0.3, -0.25) is 10.1 Å². The fourth-order valence-electron chi connectivity index (χ4n) is 2.15. The van der Waals surface area contributed by atoms with Crippen LogP contribution in [0.4, 0.5) is 14.5 Å². The fraction of sp³-hybridized carbons (Fsp3) is 0.455. The quantitative estimate of drug-likeness (QED) is 0.361. The number of nitro benzene ring substituents is 1. The summed E-state index contributed by atoms with van der Waals surface area (Å²) < 4.78 is 51.7. The van der Waals surface area contributed by atoms with Crippen LogP contribution in [0.2, 0.25) is 0 Å². The maximum absolute atomic E-state index is 14.7. The van der Waals surface area contributed by atoms with Gasteiger partial charge in [0.25, 0.3) is 5.69 Å². The van der Waals surface area contributed by atoms with E-state index in [0.29, 0.717) is 0 Å². The first-order valence-corrected chi connectivity index (χ1v) is 7.68. The van der Waals surface area contributed by atoms with Crippen LogP contribution >= 0.6 is 7.14 Å². The van der Waals surface area contributed by atoms with Crippen LogP contribution in [0.5, 0.6) is 0 Å². The summed E-state index contributed by atoms with van der Waals surface area (Å²) in [6.45, 7) is -0.0687. The number of hydrogen-bond donors (Lipinski definition) is 0. The second-order valence-electron chi connectivity index (χ2n) is 4.60. The number of alkyl halides is 2. The molecule has 2 atom stereocenters. The average molecular weight is 305 g/mol. The molecule has 9 heteroatoms. The summed E-state index contributed by atoms with van der Waals surface area (Å²) in [4.78, 5) is 9.98. The molecule has 0 aliphatic carbocycles. The molecule has 0 amide bonds. The molecule has 0 N–H and O–H groups in total. The van der Waals surface area contributed by atoms with E-state index in [4.69, 9.17) is 9.47 Å². The van der Waals surface area contributed by atoms with E-state index < -0.39 is 40.7 Å². The molecule has 3 rings (SSSR count). The molecule has 2 saturated heterocycles. The second kappa shape index (κ2) is 4.31. The van der Waals surface area contributed by atoms with Gasteiger partial charge in [0, 0.05) is 6.07 Å². The van der Waals surface area contributed by atoms with E-state index in [1.54, 1.807) is 0 Å². The third-order valence-corrected chi connectivity index (χ3v) is 6.78. The highest BCUT2D eigenvalue weighted by Crippen LogP contribution is 2.77. The number of halogens is 2. The molecule has 1 aromatic carbocycles. The first-order valence-electron chi connectivity index (χ1n) is 5.83. The molecule has 0 aromatic heterocycles. The van der Waals surface area contributed by atoms with Gasteiger partial charge in [-0.05, 0) is 6.07 Å². The van der Waals surface area contributed by atoms with Crippen molar-refractivity contribution in [2.75, 3.05) is 13.2 Å². The largest absolute Gasteiger partial charge is 0.365 e. The third kappa shape index (κ3) is 1.87. The van der Waals surface area contributed by atoms with Gasteiger partial charge < -0.3 is 14.0 Å². The van der Waals surface area contributed by atoms with Gasteiger partial charge in [-0.2, -0.15) is 8.78 Å².